The molecule has 30 heavy (non-hydrogen) atoms. The Kier molecular flexibility index (Phi) is 6.63. The number of anilines is 1. The Hall–Kier alpha value is -2.46. The number of carbonyl (C=O) groups excluding carboxylic acids is 1. The van der Waals surface area contributed by atoms with Crippen LogP contribution in [0.5, 0.6) is 0 Å². The maximum atomic E-state index is 12.3. The fourth-order valence-corrected chi connectivity index (χ4v) is 4.63. The number of rotatable bonds is 7. The number of hydrogen-bond donors (Lipinski definition) is 1. The van der Waals surface area contributed by atoms with E-state index in [0.717, 1.165) is 11.3 Å². The second kappa shape index (κ2) is 9.57. The monoisotopic (exact) mass is 476 g/mol. The largest absolute Gasteiger partial charge is 0.302 e. The molecule has 2 aromatic heterocycles. The van der Waals surface area contributed by atoms with Gasteiger partial charge in [0.1, 0.15) is 0 Å². The van der Waals surface area contributed by atoms with E-state index in [4.69, 9.17) is 23.2 Å². The molecule has 1 amide bonds. The van der Waals surface area contributed by atoms with Gasteiger partial charge in [0.25, 0.3) is 0 Å². The van der Waals surface area contributed by atoms with Crippen molar-refractivity contribution < 1.29 is 4.79 Å². The van der Waals surface area contributed by atoms with Crippen LogP contribution in [0.25, 0.3) is 16.9 Å². The SMILES string of the molecule is O=C(CCSc1nnnn1-c1ccccc1)Nc1nc(-c2ccc(Cl)cc2Cl)cs1. The van der Waals surface area contributed by atoms with Crippen LogP contribution in [0.3, 0.4) is 0 Å². The minimum atomic E-state index is -0.135. The summed E-state index contributed by atoms with van der Waals surface area (Å²) < 4.78 is 1.64. The van der Waals surface area contributed by atoms with Crippen LogP contribution in [-0.4, -0.2) is 36.9 Å². The average molecular weight is 477 g/mol. The smallest absolute Gasteiger partial charge is 0.226 e. The summed E-state index contributed by atoms with van der Waals surface area (Å²) >= 11 is 14.9. The zero-order chi connectivity index (χ0) is 20.9. The van der Waals surface area contributed by atoms with E-state index in [0.29, 0.717) is 38.2 Å². The topological polar surface area (TPSA) is 85.6 Å². The molecule has 0 radical (unpaired) electrons. The molecule has 4 aromatic rings. The van der Waals surface area contributed by atoms with Crippen molar-refractivity contribution in [2.75, 3.05) is 11.1 Å². The summed E-state index contributed by atoms with van der Waals surface area (Å²) in [6, 6.07) is 14.8. The highest BCUT2D eigenvalue weighted by atomic mass is 35.5. The quantitative estimate of drug-likeness (QED) is 0.368. The summed E-state index contributed by atoms with van der Waals surface area (Å²) in [5.41, 5.74) is 2.32. The number of carbonyl (C=O) groups is 1. The predicted molar refractivity (Wildman–Crippen MR) is 121 cm³/mol. The third kappa shape index (κ3) is 4.99. The Labute approximate surface area is 190 Å². The first kappa shape index (κ1) is 20.8. The Morgan fingerprint density at radius 3 is 2.80 bits per heavy atom. The summed E-state index contributed by atoms with van der Waals surface area (Å²) in [7, 11) is 0. The van der Waals surface area contributed by atoms with E-state index in [1.165, 1.54) is 23.1 Å². The molecule has 1 N–H and O–H groups in total. The molecule has 0 saturated carbocycles. The maximum Gasteiger partial charge on any atom is 0.226 e. The van der Waals surface area contributed by atoms with E-state index in [2.05, 4.69) is 25.8 Å². The summed E-state index contributed by atoms with van der Waals surface area (Å²) in [4.78, 5) is 16.7. The molecule has 11 heteroatoms. The lowest BCUT2D eigenvalue weighted by Crippen LogP contribution is -2.12. The number of nitrogens with one attached hydrogen (secondary N) is 1. The number of para-hydroxylation sites is 1. The van der Waals surface area contributed by atoms with Gasteiger partial charge in [-0.3, -0.25) is 4.79 Å². The van der Waals surface area contributed by atoms with Gasteiger partial charge in [0.15, 0.2) is 5.13 Å². The van der Waals surface area contributed by atoms with Gasteiger partial charge in [-0.2, -0.15) is 4.68 Å². The first-order chi connectivity index (χ1) is 14.6. The molecule has 2 aromatic carbocycles. The lowest BCUT2D eigenvalue weighted by Gasteiger charge is -2.04. The molecule has 0 unspecified atom stereocenters. The number of halogens is 2. The second-order valence-corrected chi connectivity index (χ2v) is 8.78. The van der Waals surface area contributed by atoms with Gasteiger partial charge in [-0.25, -0.2) is 4.98 Å². The number of thiazole rings is 1. The van der Waals surface area contributed by atoms with E-state index < -0.39 is 0 Å². The molecule has 4 rings (SSSR count). The number of hydrogen-bond acceptors (Lipinski definition) is 7. The van der Waals surface area contributed by atoms with E-state index in [-0.39, 0.29) is 5.91 Å². The standard InChI is InChI=1S/C19H14Cl2N6OS2/c20-12-6-7-14(15(21)10-12)16-11-30-18(22-16)23-17(28)8-9-29-19-24-25-26-27(19)13-4-2-1-3-5-13/h1-7,10-11H,8-9H2,(H,22,23,28). The molecule has 0 aliphatic heterocycles. The Bertz CT molecular complexity index is 1160. The molecule has 7 nitrogen and oxygen atoms in total. The predicted octanol–water partition coefficient (Wildman–Crippen LogP) is 5.21. The zero-order valence-electron chi connectivity index (χ0n) is 15.3. The molecule has 0 spiro atoms. The van der Waals surface area contributed by atoms with Crippen molar-refractivity contribution in [3.63, 3.8) is 0 Å². The van der Waals surface area contributed by atoms with Gasteiger partial charge in [0, 0.05) is 28.1 Å². The van der Waals surface area contributed by atoms with Gasteiger partial charge in [0.05, 0.1) is 16.4 Å². The Morgan fingerprint density at radius 1 is 1.17 bits per heavy atom. The van der Waals surface area contributed by atoms with Gasteiger partial charge < -0.3 is 5.32 Å². The number of aromatic nitrogens is 5. The number of thioether (sulfide) groups is 1. The molecule has 0 fully saturated rings. The third-order valence-corrected chi connectivity index (χ3v) is 6.19. The molecular weight excluding hydrogens is 463 g/mol. The highest BCUT2D eigenvalue weighted by molar-refractivity contribution is 7.99. The first-order valence-electron chi connectivity index (χ1n) is 8.77. The van der Waals surface area contributed by atoms with Crippen molar-refractivity contribution in [2.24, 2.45) is 0 Å². The molecule has 0 atom stereocenters. The summed E-state index contributed by atoms with van der Waals surface area (Å²) in [6.07, 6.45) is 0.295. The highest BCUT2D eigenvalue weighted by Gasteiger charge is 2.13. The molecule has 2 heterocycles. The van der Waals surface area contributed by atoms with E-state index in [1.54, 1.807) is 22.9 Å². The van der Waals surface area contributed by atoms with Crippen molar-refractivity contribution in [2.45, 2.75) is 11.6 Å². The van der Waals surface area contributed by atoms with Crippen molar-refractivity contribution in [3.05, 3.63) is 64.0 Å². The van der Waals surface area contributed by atoms with Crippen molar-refractivity contribution in [3.8, 4) is 16.9 Å². The molecule has 0 aliphatic rings. The summed E-state index contributed by atoms with van der Waals surface area (Å²) in [6.45, 7) is 0. The summed E-state index contributed by atoms with van der Waals surface area (Å²) in [5.74, 6) is 0.393. The first-order valence-corrected chi connectivity index (χ1v) is 11.4. The third-order valence-electron chi connectivity index (χ3n) is 3.96. The molecule has 152 valence electrons. The molecule has 0 bridgehead atoms. The van der Waals surface area contributed by atoms with Crippen LogP contribution in [0.4, 0.5) is 5.13 Å². The van der Waals surface area contributed by atoms with Crippen LogP contribution >= 0.6 is 46.3 Å². The highest BCUT2D eigenvalue weighted by Crippen LogP contribution is 2.32. The fourth-order valence-electron chi connectivity index (χ4n) is 2.57. The minimum Gasteiger partial charge on any atom is -0.302 e. The molecular formula is C19H14Cl2N6OS2. The van der Waals surface area contributed by atoms with Crippen LogP contribution in [0, 0.1) is 0 Å². The Morgan fingerprint density at radius 2 is 2.00 bits per heavy atom. The zero-order valence-corrected chi connectivity index (χ0v) is 18.5. The van der Waals surface area contributed by atoms with Gasteiger partial charge >= 0.3 is 0 Å². The average Bonchev–Trinajstić information content (AvgIpc) is 3.38. The van der Waals surface area contributed by atoms with Gasteiger partial charge in [-0.05, 0) is 40.8 Å². The Balaban J connectivity index is 1.32. The van der Waals surface area contributed by atoms with Crippen LogP contribution in [0.15, 0.2) is 59.1 Å². The second-order valence-electron chi connectivity index (χ2n) is 6.02. The number of amides is 1. The summed E-state index contributed by atoms with van der Waals surface area (Å²) in [5, 5.41) is 18.6. The lowest BCUT2D eigenvalue weighted by atomic mass is 10.2. The normalized spacial score (nSPS) is 10.9. The van der Waals surface area contributed by atoms with Crippen molar-refractivity contribution in [1.29, 1.82) is 0 Å². The number of benzene rings is 2. The van der Waals surface area contributed by atoms with E-state index in [1.807, 2.05) is 35.7 Å². The van der Waals surface area contributed by atoms with Crippen LogP contribution in [0.2, 0.25) is 10.0 Å². The van der Waals surface area contributed by atoms with Crippen LogP contribution < -0.4 is 5.32 Å². The van der Waals surface area contributed by atoms with E-state index >= 15 is 0 Å². The lowest BCUT2D eigenvalue weighted by molar-refractivity contribution is -0.115. The van der Waals surface area contributed by atoms with Gasteiger partial charge in [0.2, 0.25) is 11.1 Å². The molecule has 0 aliphatic carbocycles. The van der Waals surface area contributed by atoms with Crippen LogP contribution in [-0.2, 0) is 4.79 Å². The maximum absolute atomic E-state index is 12.3. The number of tetrazole rings is 1. The van der Waals surface area contributed by atoms with Crippen molar-refractivity contribution >= 4 is 57.3 Å². The van der Waals surface area contributed by atoms with Crippen LogP contribution in [0.1, 0.15) is 6.42 Å². The minimum absolute atomic E-state index is 0.135. The van der Waals surface area contributed by atoms with Gasteiger partial charge in [-0.1, -0.05) is 53.2 Å². The van der Waals surface area contributed by atoms with Gasteiger partial charge in [-0.15, -0.1) is 16.4 Å². The number of nitrogens with zero attached hydrogens (tertiary/aromatic N) is 5. The van der Waals surface area contributed by atoms with Crippen molar-refractivity contribution in [1.82, 2.24) is 25.2 Å². The fraction of sp³-hybridized carbons (Fsp3) is 0.105. The molecule has 0 saturated heterocycles. The van der Waals surface area contributed by atoms with E-state index in [9.17, 15) is 4.79 Å².